The quantitative estimate of drug-likeness (QED) is 0.296. The summed E-state index contributed by atoms with van der Waals surface area (Å²) in [6.07, 6.45) is 2.90. The standard InChI is InChI=1S/C17H35N5O3S.HI/c1-6-18-17(20(4)14-16(23)21(7-2)8-3)19-13-15-9-11-22(12-10-15)26(5,24)25;/h15H,6-14H2,1-5H3,(H,18,19);1H. The van der Waals surface area contributed by atoms with Gasteiger partial charge in [0.05, 0.1) is 12.8 Å². The summed E-state index contributed by atoms with van der Waals surface area (Å²) in [6, 6.07) is 0. The van der Waals surface area contributed by atoms with Crippen LogP contribution < -0.4 is 5.32 Å². The molecule has 0 aromatic carbocycles. The zero-order chi connectivity index (χ0) is 19.7. The van der Waals surface area contributed by atoms with Crippen molar-refractivity contribution in [3.05, 3.63) is 0 Å². The lowest BCUT2D eigenvalue weighted by atomic mass is 9.98. The summed E-state index contributed by atoms with van der Waals surface area (Å²) in [5, 5.41) is 3.23. The van der Waals surface area contributed by atoms with E-state index in [1.165, 1.54) is 10.6 Å². The maximum absolute atomic E-state index is 12.3. The monoisotopic (exact) mass is 517 g/mol. The van der Waals surface area contributed by atoms with Gasteiger partial charge in [-0.1, -0.05) is 0 Å². The van der Waals surface area contributed by atoms with Gasteiger partial charge in [-0.15, -0.1) is 24.0 Å². The lowest BCUT2D eigenvalue weighted by Gasteiger charge is -2.30. The van der Waals surface area contributed by atoms with Gasteiger partial charge in [0.1, 0.15) is 0 Å². The molecule has 0 aromatic heterocycles. The molecular formula is C17H36IN5O3S. The second kappa shape index (κ2) is 12.8. The van der Waals surface area contributed by atoms with E-state index in [0.29, 0.717) is 45.2 Å². The lowest BCUT2D eigenvalue weighted by molar-refractivity contribution is -0.131. The van der Waals surface area contributed by atoms with Gasteiger partial charge >= 0.3 is 0 Å². The Morgan fingerprint density at radius 1 is 1.19 bits per heavy atom. The van der Waals surface area contributed by atoms with Gasteiger partial charge in [-0.2, -0.15) is 0 Å². The van der Waals surface area contributed by atoms with Gasteiger partial charge in [-0.25, -0.2) is 12.7 Å². The summed E-state index contributed by atoms with van der Waals surface area (Å²) in [5.41, 5.74) is 0. The van der Waals surface area contributed by atoms with Crippen LogP contribution in [0.25, 0.3) is 0 Å². The number of amides is 1. The third-order valence-electron chi connectivity index (χ3n) is 4.73. The Kier molecular flexibility index (Phi) is 12.5. The van der Waals surface area contributed by atoms with Crippen molar-refractivity contribution in [2.24, 2.45) is 10.9 Å². The molecule has 1 heterocycles. The Labute approximate surface area is 181 Å². The van der Waals surface area contributed by atoms with Crippen molar-refractivity contribution in [2.45, 2.75) is 33.6 Å². The summed E-state index contributed by atoms with van der Waals surface area (Å²) in [5.74, 6) is 1.18. The minimum Gasteiger partial charge on any atom is -0.357 e. The molecule has 0 bridgehead atoms. The maximum Gasteiger partial charge on any atom is 0.242 e. The molecule has 1 rings (SSSR count). The van der Waals surface area contributed by atoms with Crippen molar-refractivity contribution in [1.82, 2.24) is 19.4 Å². The van der Waals surface area contributed by atoms with Crippen LogP contribution in [-0.4, -0.2) is 93.5 Å². The number of carbonyl (C=O) groups excluding carboxylic acids is 1. The molecule has 0 unspecified atom stereocenters. The predicted molar refractivity (Wildman–Crippen MR) is 121 cm³/mol. The number of nitrogens with zero attached hydrogens (tertiary/aromatic N) is 4. The molecule has 1 N–H and O–H groups in total. The van der Waals surface area contributed by atoms with Gasteiger partial charge in [-0.3, -0.25) is 9.79 Å². The van der Waals surface area contributed by atoms with Crippen LogP contribution in [0.1, 0.15) is 33.6 Å². The maximum atomic E-state index is 12.3. The molecule has 160 valence electrons. The van der Waals surface area contributed by atoms with Crippen molar-refractivity contribution in [3.8, 4) is 0 Å². The largest absolute Gasteiger partial charge is 0.357 e. The fraction of sp³-hybridized carbons (Fsp3) is 0.882. The number of hydrogen-bond donors (Lipinski definition) is 1. The first-order valence-corrected chi connectivity index (χ1v) is 11.3. The summed E-state index contributed by atoms with van der Waals surface area (Å²) in [4.78, 5) is 20.6. The zero-order valence-corrected chi connectivity index (χ0v) is 20.4. The van der Waals surface area contributed by atoms with Crippen LogP contribution in [0.2, 0.25) is 0 Å². The van der Waals surface area contributed by atoms with Gasteiger partial charge < -0.3 is 15.1 Å². The second-order valence-corrected chi connectivity index (χ2v) is 8.70. The molecule has 0 radical (unpaired) electrons. The van der Waals surface area contributed by atoms with Crippen molar-refractivity contribution >= 4 is 45.9 Å². The molecule has 0 atom stereocenters. The Hall–Kier alpha value is -0.620. The van der Waals surface area contributed by atoms with Gasteiger partial charge in [-0.05, 0) is 39.5 Å². The molecule has 1 amide bonds. The van der Waals surface area contributed by atoms with Crippen LogP contribution in [0.3, 0.4) is 0 Å². The molecule has 10 heteroatoms. The first-order chi connectivity index (χ1) is 12.2. The third-order valence-corrected chi connectivity index (χ3v) is 6.03. The van der Waals surface area contributed by atoms with E-state index >= 15 is 0 Å². The van der Waals surface area contributed by atoms with E-state index < -0.39 is 10.0 Å². The Morgan fingerprint density at radius 2 is 1.74 bits per heavy atom. The van der Waals surface area contributed by atoms with Gasteiger partial charge in [0.2, 0.25) is 15.9 Å². The van der Waals surface area contributed by atoms with E-state index in [9.17, 15) is 13.2 Å². The third kappa shape index (κ3) is 8.95. The number of rotatable bonds is 8. The first kappa shape index (κ1) is 26.4. The van der Waals surface area contributed by atoms with Crippen molar-refractivity contribution < 1.29 is 13.2 Å². The van der Waals surface area contributed by atoms with Crippen LogP contribution in [0.4, 0.5) is 0 Å². The minimum absolute atomic E-state index is 0. The van der Waals surface area contributed by atoms with E-state index in [4.69, 9.17) is 0 Å². The number of piperidine rings is 1. The number of carbonyl (C=O) groups is 1. The van der Waals surface area contributed by atoms with Crippen LogP contribution in [0, 0.1) is 5.92 Å². The van der Waals surface area contributed by atoms with Crippen LogP contribution in [0.15, 0.2) is 4.99 Å². The highest BCUT2D eigenvalue weighted by molar-refractivity contribution is 14.0. The molecule has 8 nitrogen and oxygen atoms in total. The van der Waals surface area contributed by atoms with Crippen molar-refractivity contribution in [3.63, 3.8) is 0 Å². The molecule has 0 spiro atoms. The average Bonchev–Trinajstić information content (AvgIpc) is 2.59. The summed E-state index contributed by atoms with van der Waals surface area (Å²) in [6.45, 7) is 10.1. The highest BCUT2D eigenvalue weighted by atomic mass is 127. The van der Waals surface area contributed by atoms with Crippen LogP contribution in [-0.2, 0) is 14.8 Å². The molecule has 27 heavy (non-hydrogen) atoms. The van der Waals surface area contributed by atoms with Crippen molar-refractivity contribution in [2.75, 3.05) is 59.1 Å². The van der Waals surface area contributed by atoms with Gasteiger partial charge in [0.15, 0.2) is 5.96 Å². The SMILES string of the molecule is CCNC(=NCC1CCN(S(C)(=O)=O)CC1)N(C)CC(=O)N(CC)CC.I. The fourth-order valence-electron chi connectivity index (χ4n) is 3.06. The topological polar surface area (TPSA) is 85.3 Å². The molecule has 1 aliphatic heterocycles. The lowest BCUT2D eigenvalue weighted by Crippen LogP contribution is -2.46. The fourth-order valence-corrected chi connectivity index (χ4v) is 3.94. The Balaban J connectivity index is 0.00000676. The predicted octanol–water partition coefficient (Wildman–Crippen LogP) is 1.04. The number of halogens is 1. The first-order valence-electron chi connectivity index (χ1n) is 9.45. The summed E-state index contributed by atoms with van der Waals surface area (Å²) >= 11 is 0. The average molecular weight is 517 g/mol. The molecule has 1 aliphatic rings. The second-order valence-electron chi connectivity index (χ2n) is 6.72. The van der Waals surface area contributed by atoms with E-state index in [-0.39, 0.29) is 29.9 Å². The van der Waals surface area contributed by atoms with E-state index in [2.05, 4.69) is 10.3 Å². The Bertz CT molecular complexity index is 573. The number of nitrogens with one attached hydrogen (secondary N) is 1. The number of aliphatic imine (C=N–C) groups is 1. The van der Waals surface area contributed by atoms with E-state index in [0.717, 1.165) is 25.3 Å². The van der Waals surface area contributed by atoms with Crippen LogP contribution >= 0.6 is 24.0 Å². The van der Waals surface area contributed by atoms with E-state index in [1.54, 1.807) is 4.90 Å². The highest BCUT2D eigenvalue weighted by Crippen LogP contribution is 2.19. The smallest absolute Gasteiger partial charge is 0.242 e. The molecule has 0 aromatic rings. The van der Waals surface area contributed by atoms with Crippen molar-refractivity contribution in [1.29, 1.82) is 0 Å². The summed E-state index contributed by atoms with van der Waals surface area (Å²) in [7, 11) is -1.22. The molecule has 0 aliphatic carbocycles. The van der Waals surface area contributed by atoms with E-state index in [1.807, 2.05) is 32.7 Å². The Morgan fingerprint density at radius 3 is 2.19 bits per heavy atom. The zero-order valence-electron chi connectivity index (χ0n) is 17.3. The highest BCUT2D eigenvalue weighted by Gasteiger charge is 2.25. The number of guanidine groups is 1. The minimum atomic E-state index is -3.09. The number of sulfonamides is 1. The number of hydrogen-bond acceptors (Lipinski definition) is 4. The normalized spacial score (nSPS) is 16.6. The van der Waals surface area contributed by atoms with Gasteiger partial charge in [0, 0.05) is 46.3 Å². The summed E-state index contributed by atoms with van der Waals surface area (Å²) < 4.78 is 24.7. The van der Waals surface area contributed by atoms with Gasteiger partial charge in [0.25, 0.3) is 0 Å². The molecule has 1 fully saturated rings. The molecular weight excluding hydrogens is 481 g/mol. The number of likely N-dealkylation sites (N-methyl/N-ethyl adjacent to an activating group) is 2. The molecule has 1 saturated heterocycles. The molecule has 0 saturated carbocycles. The van der Waals surface area contributed by atoms with Crippen LogP contribution in [0.5, 0.6) is 0 Å².